The molecule has 1 rings (SSSR count). The van der Waals surface area contributed by atoms with Crippen molar-refractivity contribution in [1.29, 1.82) is 0 Å². The number of rotatable bonds is 4. The van der Waals surface area contributed by atoms with E-state index < -0.39 is 0 Å². The lowest BCUT2D eigenvalue weighted by molar-refractivity contribution is 0.414. The Bertz CT molecular complexity index is 325. The summed E-state index contributed by atoms with van der Waals surface area (Å²) in [5, 5.41) is 2.94. The van der Waals surface area contributed by atoms with E-state index >= 15 is 0 Å². The van der Waals surface area contributed by atoms with Crippen LogP contribution in [-0.2, 0) is 6.54 Å². The molecule has 0 bridgehead atoms. The molecule has 0 amide bonds. The second-order valence-electron chi connectivity index (χ2n) is 3.08. The molecule has 1 aromatic rings. The Hall–Kier alpha value is -0.980. The Morgan fingerprint density at radius 3 is 2.50 bits per heavy atom. The van der Waals surface area contributed by atoms with Crippen molar-refractivity contribution in [3.8, 4) is 5.75 Å². The van der Waals surface area contributed by atoms with Gasteiger partial charge in [0.15, 0.2) is 5.96 Å². The van der Waals surface area contributed by atoms with Crippen molar-refractivity contribution in [1.82, 2.24) is 5.32 Å². The summed E-state index contributed by atoms with van der Waals surface area (Å²) in [5.74, 6) is 1.33. The van der Waals surface area contributed by atoms with Gasteiger partial charge in [-0.15, -0.1) is 24.0 Å². The first-order valence-electron chi connectivity index (χ1n) is 4.93. The summed E-state index contributed by atoms with van der Waals surface area (Å²) in [6, 6.07) is 7.77. The van der Waals surface area contributed by atoms with Crippen molar-refractivity contribution in [3.63, 3.8) is 0 Å². The molecule has 0 saturated heterocycles. The van der Waals surface area contributed by atoms with E-state index in [-0.39, 0.29) is 24.0 Å². The number of methoxy groups -OCH3 is 1. The van der Waals surface area contributed by atoms with Crippen LogP contribution in [0.4, 0.5) is 0 Å². The Balaban J connectivity index is 0.00000225. The first-order chi connectivity index (χ1) is 7.26. The van der Waals surface area contributed by atoms with Crippen molar-refractivity contribution in [3.05, 3.63) is 29.8 Å². The van der Waals surface area contributed by atoms with Gasteiger partial charge in [-0.1, -0.05) is 12.1 Å². The fourth-order valence-electron chi connectivity index (χ4n) is 1.14. The van der Waals surface area contributed by atoms with Crippen LogP contribution in [0.1, 0.15) is 12.5 Å². The maximum absolute atomic E-state index is 5.60. The maximum Gasteiger partial charge on any atom is 0.188 e. The number of aliphatic imine (C=N–C) groups is 1. The minimum atomic E-state index is 0. The third-order valence-corrected chi connectivity index (χ3v) is 1.95. The van der Waals surface area contributed by atoms with E-state index in [0.29, 0.717) is 12.5 Å². The standard InChI is InChI=1S/C11H17N3O.HI/c1-3-13-11(12)14-8-9-4-6-10(15-2)7-5-9;/h4-7H,3,8H2,1-2H3,(H3,12,13,14);1H. The number of benzene rings is 1. The molecule has 0 aliphatic carbocycles. The quantitative estimate of drug-likeness (QED) is 0.501. The summed E-state index contributed by atoms with van der Waals surface area (Å²) in [5.41, 5.74) is 6.71. The molecular formula is C11H18IN3O. The number of hydrogen-bond acceptors (Lipinski definition) is 2. The largest absolute Gasteiger partial charge is 0.497 e. The molecule has 90 valence electrons. The van der Waals surface area contributed by atoms with Crippen LogP contribution in [0.3, 0.4) is 0 Å². The molecule has 0 saturated carbocycles. The van der Waals surface area contributed by atoms with Gasteiger partial charge >= 0.3 is 0 Å². The van der Waals surface area contributed by atoms with Crippen molar-refractivity contribution in [2.24, 2.45) is 10.7 Å². The molecule has 0 aromatic heterocycles. The van der Waals surface area contributed by atoms with Crippen LogP contribution in [0.2, 0.25) is 0 Å². The van der Waals surface area contributed by atoms with Gasteiger partial charge in [-0.3, -0.25) is 0 Å². The van der Waals surface area contributed by atoms with E-state index in [4.69, 9.17) is 10.5 Å². The average Bonchev–Trinajstić information content (AvgIpc) is 2.27. The van der Waals surface area contributed by atoms with Crippen molar-refractivity contribution in [2.45, 2.75) is 13.5 Å². The van der Waals surface area contributed by atoms with Crippen molar-refractivity contribution in [2.75, 3.05) is 13.7 Å². The number of nitrogens with two attached hydrogens (primary N) is 1. The fourth-order valence-corrected chi connectivity index (χ4v) is 1.14. The smallest absolute Gasteiger partial charge is 0.188 e. The van der Waals surface area contributed by atoms with Gasteiger partial charge in [0.1, 0.15) is 5.75 Å². The van der Waals surface area contributed by atoms with Gasteiger partial charge in [-0.05, 0) is 24.6 Å². The monoisotopic (exact) mass is 335 g/mol. The zero-order chi connectivity index (χ0) is 11.1. The first-order valence-corrected chi connectivity index (χ1v) is 4.93. The van der Waals surface area contributed by atoms with Gasteiger partial charge in [0.05, 0.1) is 13.7 Å². The molecule has 0 heterocycles. The minimum Gasteiger partial charge on any atom is -0.497 e. The van der Waals surface area contributed by atoms with E-state index in [1.54, 1.807) is 7.11 Å². The zero-order valence-corrected chi connectivity index (χ0v) is 11.9. The van der Waals surface area contributed by atoms with E-state index in [9.17, 15) is 0 Å². The summed E-state index contributed by atoms with van der Waals surface area (Å²) in [6.45, 7) is 3.36. The summed E-state index contributed by atoms with van der Waals surface area (Å²) in [4.78, 5) is 4.18. The highest BCUT2D eigenvalue weighted by Gasteiger charge is 1.93. The zero-order valence-electron chi connectivity index (χ0n) is 9.56. The summed E-state index contributed by atoms with van der Waals surface area (Å²) >= 11 is 0. The van der Waals surface area contributed by atoms with Crippen LogP contribution in [0.5, 0.6) is 5.75 Å². The van der Waals surface area contributed by atoms with E-state index in [0.717, 1.165) is 17.9 Å². The van der Waals surface area contributed by atoms with Crippen molar-refractivity contribution >= 4 is 29.9 Å². The van der Waals surface area contributed by atoms with E-state index in [1.165, 1.54) is 0 Å². The summed E-state index contributed by atoms with van der Waals surface area (Å²) < 4.78 is 5.06. The third kappa shape index (κ3) is 5.20. The van der Waals surface area contributed by atoms with Gasteiger partial charge in [0.25, 0.3) is 0 Å². The molecule has 0 radical (unpaired) electrons. The molecule has 0 atom stereocenters. The second-order valence-corrected chi connectivity index (χ2v) is 3.08. The highest BCUT2D eigenvalue weighted by molar-refractivity contribution is 14.0. The number of halogens is 1. The predicted molar refractivity (Wildman–Crippen MR) is 77.4 cm³/mol. The summed E-state index contributed by atoms with van der Waals surface area (Å²) in [7, 11) is 1.65. The number of guanidine groups is 1. The highest BCUT2D eigenvalue weighted by Crippen LogP contribution is 2.11. The predicted octanol–water partition coefficient (Wildman–Crippen LogP) is 1.74. The lowest BCUT2D eigenvalue weighted by Gasteiger charge is -2.03. The van der Waals surface area contributed by atoms with Crippen LogP contribution in [0.15, 0.2) is 29.3 Å². The lowest BCUT2D eigenvalue weighted by Crippen LogP contribution is -2.31. The van der Waals surface area contributed by atoms with Crippen LogP contribution in [0, 0.1) is 0 Å². The fraction of sp³-hybridized carbons (Fsp3) is 0.364. The van der Waals surface area contributed by atoms with E-state index in [1.807, 2.05) is 31.2 Å². The van der Waals surface area contributed by atoms with Gasteiger partial charge in [0.2, 0.25) is 0 Å². The molecule has 0 unspecified atom stereocenters. The van der Waals surface area contributed by atoms with Gasteiger partial charge in [-0.25, -0.2) is 4.99 Å². The Labute approximate surface area is 113 Å². The SMILES string of the molecule is CCNC(N)=NCc1ccc(OC)cc1.I. The first kappa shape index (κ1) is 15.0. The van der Waals surface area contributed by atoms with Crippen LogP contribution >= 0.6 is 24.0 Å². The van der Waals surface area contributed by atoms with Gasteiger partial charge < -0.3 is 15.8 Å². The molecule has 4 nitrogen and oxygen atoms in total. The molecule has 0 spiro atoms. The molecule has 16 heavy (non-hydrogen) atoms. The Kier molecular flexibility index (Phi) is 7.70. The average molecular weight is 335 g/mol. The number of nitrogens with one attached hydrogen (secondary N) is 1. The van der Waals surface area contributed by atoms with E-state index in [2.05, 4.69) is 10.3 Å². The molecule has 0 aliphatic heterocycles. The molecule has 0 fully saturated rings. The molecule has 5 heteroatoms. The second kappa shape index (κ2) is 8.20. The van der Waals surface area contributed by atoms with Gasteiger partial charge in [0, 0.05) is 6.54 Å². The number of ether oxygens (including phenoxy) is 1. The molecule has 1 aromatic carbocycles. The normalized spacial score (nSPS) is 10.5. The number of nitrogens with zero attached hydrogens (tertiary/aromatic N) is 1. The lowest BCUT2D eigenvalue weighted by atomic mass is 10.2. The van der Waals surface area contributed by atoms with Crippen LogP contribution in [-0.4, -0.2) is 19.6 Å². The third-order valence-electron chi connectivity index (χ3n) is 1.95. The van der Waals surface area contributed by atoms with Gasteiger partial charge in [-0.2, -0.15) is 0 Å². The molecule has 0 aliphatic rings. The van der Waals surface area contributed by atoms with Crippen molar-refractivity contribution < 1.29 is 4.74 Å². The Morgan fingerprint density at radius 1 is 1.38 bits per heavy atom. The maximum atomic E-state index is 5.60. The molecular weight excluding hydrogens is 317 g/mol. The number of hydrogen-bond donors (Lipinski definition) is 2. The van der Waals surface area contributed by atoms with Crippen LogP contribution in [0.25, 0.3) is 0 Å². The summed E-state index contributed by atoms with van der Waals surface area (Å²) in [6.07, 6.45) is 0. The molecule has 3 N–H and O–H groups in total. The Morgan fingerprint density at radius 2 is 2.00 bits per heavy atom. The van der Waals surface area contributed by atoms with Crippen LogP contribution < -0.4 is 15.8 Å². The highest BCUT2D eigenvalue weighted by atomic mass is 127. The minimum absolute atomic E-state index is 0. The topological polar surface area (TPSA) is 59.6 Å².